The summed E-state index contributed by atoms with van der Waals surface area (Å²) in [4.78, 5) is 66.8. The average Bonchev–Trinajstić information content (AvgIpc) is 3.10. The number of Topliss-reactive ketones (excluding diaryl/α,β-unsaturated/α-hetero) is 1. The number of aliphatic hydroxyl groups is 1. The molecule has 320 valence electrons. The number of carbonyl (C=O) groups is 5. The number of ketones is 2. The molecule has 1 saturated heterocycles. The van der Waals surface area contributed by atoms with Crippen molar-refractivity contribution in [2.75, 3.05) is 14.1 Å². The first kappa shape index (κ1) is 49.4. The Kier molecular flexibility index (Phi) is 19.3. The second-order valence-corrected chi connectivity index (χ2v) is 21.2. The second-order valence-electron chi connectivity index (χ2n) is 16.4. The van der Waals surface area contributed by atoms with Gasteiger partial charge in [-0.3, -0.25) is 24.1 Å². The van der Waals surface area contributed by atoms with Gasteiger partial charge in [-0.15, -0.1) is 0 Å². The van der Waals surface area contributed by atoms with Crippen LogP contribution in [-0.2, 0) is 52.1 Å². The van der Waals surface area contributed by atoms with Crippen molar-refractivity contribution in [3.8, 4) is 0 Å². The van der Waals surface area contributed by atoms with Crippen LogP contribution in [0.3, 0.4) is 0 Å². The topological polar surface area (TPSA) is 164 Å². The SMILES string of the molecule is CCC1OC(=O)C[C@@H](O[Si](CC)(CC)CC)[C@H](C)[C@@H](OC2OC(C)C(OC(C)=O)C(N(C)C)C2OC(C)=O)[C@@H](C)C[C@](C)(O)C(=O)C=CC(C)=CC1CC(C)=O. The van der Waals surface area contributed by atoms with E-state index in [4.69, 9.17) is 28.1 Å². The average molecular weight is 810 g/mol. The van der Waals surface area contributed by atoms with Crippen molar-refractivity contribution >= 4 is 37.8 Å². The maximum Gasteiger partial charge on any atom is 0.308 e. The fraction of sp³-hybridized carbons (Fsp3) is 0.786. The lowest BCUT2D eigenvalue weighted by Gasteiger charge is -2.49. The third kappa shape index (κ3) is 13.7. The van der Waals surface area contributed by atoms with Crippen LogP contribution in [0.2, 0.25) is 18.1 Å². The van der Waals surface area contributed by atoms with Crippen LogP contribution in [-0.4, -0.2) is 116 Å². The fourth-order valence-electron chi connectivity index (χ4n) is 8.27. The summed E-state index contributed by atoms with van der Waals surface area (Å²) in [6.07, 6.45) is -0.724. The Morgan fingerprint density at radius 1 is 0.929 bits per heavy atom. The molecule has 0 aromatic heterocycles. The maximum absolute atomic E-state index is 14.1. The van der Waals surface area contributed by atoms with Gasteiger partial charge >= 0.3 is 17.9 Å². The molecule has 2 aliphatic rings. The highest BCUT2D eigenvalue weighted by molar-refractivity contribution is 6.73. The summed E-state index contributed by atoms with van der Waals surface area (Å²) >= 11 is 0. The lowest BCUT2D eigenvalue weighted by Crippen LogP contribution is -2.65. The molecule has 7 unspecified atom stereocenters. The maximum atomic E-state index is 14.1. The molecule has 2 heterocycles. The highest BCUT2D eigenvalue weighted by Crippen LogP contribution is 2.38. The Balaban J connectivity index is 2.85. The van der Waals surface area contributed by atoms with E-state index >= 15 is 0 Å². The summed E-state index contributed by atoms with van der Waals surface area (Å²) < 4.78 is 38.2. The molecular formula is C42H71NO12Si. The van der Waals surface area contributed by atoms with E-state index in [1.807, 2.05) is 26.8 Å². The van der Waals surface area contributed by atoms with Crippen molar-refractivity contribution < 1.29 is 57.2 Å². The zero-order valence-corrected chi connectivity index (χ0v) is 37.4. The van der Waals surface area contributed by atoms with Crippen molar-refractivity contribution in [2.24, 2.45) is 17.8 Å². The van der Waals surface area contributed by atoms with Crippen LogP contribution in [0.4, 0.5) is 0 Å². The van der Waals surface area contributed by atoms with Crippen LogP contribution >= 0.6 is 0 Å². The number of hydrogen-bond acceptors (Lipinski definition) is 13. The monoisotopic (exact) mass is 809 g/mol. The summed E-state index contributed by atoms with van der Waals surface area (Å²) in [5, 5.41) is 11.8. The Hall–Kier alpha value is -2.75. The minimum absolute atomic E-state index is 0.0401. The number of cyclic esters (lactones) is 1. The Labute approximate surface area is 336 Å². The standard InChI is InChI=1S/C42H71NO12Si/c1-15-33-32(22-27(7)44)21-25(5)19-20-35(47)42(12,49)24-26(6)38(28(8)34(23-36(48)53-33)55-56(16-2,17-3)18-4)54-41-40(52-31(11)46)37(43(13)14)39(29(9)50-41)51-30(10)45/h19-21,26,28-29,32-34,37-41,49H,15-18,22-24H2,1-14H3/t26-,28-,29?,32?,33?,34+,37?,38-,39?,40?,41?,42-/m0/s1. The number of ether oxygens (including phenoxy) is 5. The Morgan fingerprint density at radius 2 is 1.50 bits per heavy atom. The molecule has 0 spiro atoms. The molecule has 14 heteroatoms. The van der Waals surface area contributed by atoms with Crippen LogP contribution in [0.15, 0.2) is 23.8 Å². The van der Waals surface area contributed by atoms with E-state index in [1.165, 1.54) is 33.8 Å². The van der Waals surface area contributed by atoms with E-state index in [-0.39, 0.29) is 25.0 Å². The van der Waals surface area contributed by atoms with Gasteiger partial charge in [-0.05, 0) is 84.8 Å². The predicted molar refractivity (Wildman–Crippen MR) is 215 cm³/mol. The number of nitrogens with zero attached hydrogens (tertiary/aromatic N) is 1. The molecule has 56 heavy (non-hydrogen) atoms. The molecule has 0 aromatic rings. The largest absolute Gasteiger partial charge is 0.462 e. The van der Waals surface area contributed by atoms with E-state index in [2.05, 4.69) is 20.8 Å². The molecule has 0 radical (unpaired) electrons. The molecule has 2 rings (SSSR count). The molecule has 13 nitrogen and oxygen atoms in total. The van der Waals surface area contributed by atoms with Crippen molar-refractivity contribution in [2.45, 2.75) is 181 Å². The zero-order chi connectivity index (χ0) is 42.7. The van der Waals surface area contributed by atoms with Crippen LogP contribution in [0.25, 0.3) is 0 Å². The van der Waals surface area contributed by atoms with Crippen LogP contribution in [0.1, 0.15) is 109 Å². The minimum Gasteiger partial charge on any atom is -0.462 e. The first-order valence-electron chi connectivity index (χ1n) is 20.4. The van der Waals surface area contributed by atoms with Crippen molar-refractivity contribution in [1.82, 2.24) is 4.90 Å². The molecule has 1 fully saturated rings. The number of esters is 3. The molecule has 2 aliphatic heterocycles. The van der Waals surface area contributed by atoms with Gasteiger partial charge in [-0.25, -0.2) is 0 Å². The third-order valence-electron chi connectivity index (χ3n) is 11.5. The molecule has 12 atom stereocenters. The van der Waals surface area contributed by atoms with Crippen molar-refractivity contribution in [3.05, 3.63) is 23.8 Å². The summed E-state index contributed by atoms with van der Waals surface area (Å²) in [5.41, 5.74) is -1.15. The predicted octanol–water partition coefficient (Wildman–Crippen LogP) is 6.11. The molecular weight excluding hydrogens is 739 g/mol. The van der Waals surface area contributed by atoms with E-state index in [9.17, 15) is 29.1 Å². The highest BCUT2D eigenvalue weighted by Gasteiger charge is 2.52. The number of allylic oxidation sites excluding steroid dienone is 2. The minimum atomic E-state index is -2.40. The summed E-state index contributed by atoms with van der Waals surface area (Å²) in [6.45, 7) is 21.0. The Bertz CT molecular complexity index is 1400. The van der Waals surface area contributed by atoms with E-state index in [1.54, 1.807) is 38.9 Å². The first-order chi connectivity index (χ1) is 26.0. The second kappa shape index (κ2) is 21.8. The fourth-order valence-corrected chi connectivity index (χ4v) is 11.2. The van der Waals surface area contributed by atoms with E-state index in [0.717, 1.165) is 18.1 Å². The zero-order valence-electron chi connectivity index (χ0n) is 36.4. The van der Waals surface area contributed by atoms with E-state index < -0.39 is 104 Å². The molecule has 0 bridgehead atoms. The van der Waals surface area contributed by atoms with Crippen molar-refractivity contribution in [1.29, 1.82) is 0 Å². The van der Waals surface area contributed by atoms with Gasteiger partial charge in [0.05, 0.1) is 30.8 Å². The molecule has 1 N–H and O–H groups in total. The molecule has 0 aromatic carbocycles. The normalized spacial score (nSPS) is 34.1. The van der Waals surface area contributed by atoms with Gasteiger partial charge in [0.2, 0.25) is 0 Å². The van der Waals surface area contributed by atoms with Gasteiger partial charge in [0, 0.05) is 32.1 Å². The number of rotatable bonds is 13. The summed E-state index contributed by atoms with van der Waals surface area (Å²) in [7, 11) is 1.16. The molecule has 0 saturated carbocycles. The van der Waals surface area contributed by atoms with Crippen molar-refractivity contribution in [3.63, 3.8) is 0 Å². The number of carbonyl (C=O) groups excluding carboxylic acids is 5. The van der Waals surface area contributed by atoms with Crippen LogP contribution in [0.5, 0.6) is 0 Å². The van der Waals surface area contributed by atoms with Gasteiger partial charge in [0.25, 0.3) is 0 Å². The van der Waals surface area contributed by atoms with E-state index in [0.29, 0.717) is 12.0 Å². The summed E-state index contributed by atoms with van der Waals surface area (Å²) in [6, 6.07) is 1.74. The van der Waals surface area contributed by atoms with Gasteiger partial charge in [-0.2, -0.15) is 0 Å². The summed E-state index contributed by atoms with van der Waals surface area (Å²) in [5.74, 6) is -3.73. The van der Waals surface area contributed by atoms with Gasteiger partial charge < -0.3 is 38.0 Å². The molecule has 0 amide bonds. The van der Waals surface area contributed by atoms with Gasteiger partial charge in [0.15, 0.2) is 26.5 Å². The van der Waals surface area contributed by atoms with Gasteiger partial charge in [-0.1, -0.05) is 59.3 Å². The van der Waals surface area contributed by atoms with Crippen LogP contribution < -0.4 is 0 Å². The lowest BCUT2D eigenvalue weighted by molar-refractivity contribution is -0.307. The third-order valence-corrected chi connectivity index (χ3v) is 16.2. The highest BCUT2D eigenvalue weighted by atomic mass is 28.4. The van der Waals surface area contributed by atoms with Crippen LogP contribution in [0, 0.1) is 17.8 Å². The first-order valence-corrected chi connectivity index (χ1v) is 22.9. The number of hydrogen-bond donors (Lipinski definition) is 1. The number of likely N-dealkylation sites (N-methyl/N-ethyl adjacent to an activating group) is 1. The quantitative estimate of drug-likeness (QED) is 0.129. The smallest absolute Gasteiger partial charge is 0.308 e. The van der Waals surface area contributed by atoms with Gasteiger partial charge in [0.1, 0.15) is 23.6 Å². The molecule has 0 aliphatic carbocycles. The lowest BCUT2D eigenvalue weighted by atomic mass is 9.80. The Morgan fingerprint density at radius 3 is 2.00 bits per heavy atom.